The van der Waals surface area contributed by atoms with Crippen molar-refractivity contribution < 1.29 is 4.39 Å². The fraction of sp³-hybridized carbons (Fsp3) is 0.312. The number of rotatable bonds is 4. The van der Waals surface area contributed by atoms with E-state index in [1.807, 2.05) is 13.0 Å². The highest BCUT2D eigenvalue weighted by Crippen LogP contribution is 2.12. The Morgan fingerprint density at radius 3 is 2.61 bits per heavy atom. The van der Waals surface area contributed by atoms with Crippen LogP contribution in [-0.2, 0) is 20.5 Å². The lowest BCUT2D eigenvalue weighted by molar-refractivity contribution is 0.623. The van der Waals surface area contributed by atoms with Gasteiger partial charge in [-0.2, -0.15) is 5.26 Å². The summed E-state index contributed by atoms with van der Waals surface area (Å²) in [7, 11) is 2.81. The maximum atomic E-state index is 13.2. The lowest BCUT2D eigenvalue weighted by atomic mass is 10.1. The first-order valence-corrected chi connectivity index (χ1v) is 7.06. The van der Waals surface area contributed by atoms with E-state index in [9.17, 15) is 19.2 Å². The molecular weight excluding hydrogens is 299 g/mol. The van der Waals surface area contributed by atoms with Gasteiger partial charge in [-0.3, -0.25) is 13.9 Å². The third kappa shape index (κ3) is 3.31. The van der Waals surface area contributed by atoms with Crippen molar-refractivity contribution >= 4 is 5.82 Å². The van der Waals surface area contributed by atoms with E-state index in [1.165, 1.54) is 30.8 Å². The van der Waals surface area contributed by atoms with Crippen LogP contribution in [0.4, 0.5) is 10.2 Å². The monoisotopic (exact) mass is 316 g/mol. The number of aromatic nitrogens is 2. The van der Waals surface area contributed by atoms with Crippen molar-refractivity contribution in [2.45, 2.75) is 19.4 Å². The Balaban J connectivity index is 2.35. The summed E-state index contributed by atoms with van der Waals surface area (Å²) in [5.41, 5.74) is -0.511. The van der Waals surface area contributed by atoms with E-state index in [4.69, 9.17) is 0 Å². The zero-order valence-corrected chi connectivity index (χ0v) is 13.1. The highest BCUT2D eigenvalue weighted by Gasteiger charge is 2.17. The molecule has 0 aliphatic carbocycles. The summed E-state index contributed by atoms with van der Waals surface area (Å²) in [6.45, 7) is 1.83. The number of hydrogen-bond donors (Lipinski definition) is 1. The van der Waals surface area contributed by atoms with Crippen molar-refractivity contribution in [2.24, 2.45) is 14.1 Å². The van der Waals surface area contributed by atoms with Crippen molar-refractivity contribution in [1.82, 2.24) is 9.13 Å². The maximum Gasteiger partial charge on any atom is 0.332 e. The summed E-state index contributed by atoms with van der Waals surface area (Å²) in [6, 6.07) is 7.82. The first kappa shape index (κ1) is 16.5. The summed E-state index contributed by atoms with van der Waals surface area (Å²) >= 11 is 0. The SMILES string of the molecule is CC(Cc1cccc(F)c1)Nc1c(C#N)c(=O)n(C)c(=O)n1C. The minimum absolute atomic E-state index is 0.124. The molecule has 1 aromatic carbocycles. The molecule has 0 radical (unpaired) electrons. The zero-order valence-electron chi connectivity index (χ0n) is 13.1. The van der Waals surface area contributed by atoms with Crippen LogP contribution in [0.3, 0.4) is 0 Å². The molecule has 1 unspecified atom stereocenters. The van der Waals surface area contributed by atoms with Gasteiger partial charge in [0.25, 0.3) is 5.56 Å². The number of nitrogens with one attached hydrogen (secondary N) is 1. The van der Waals surface area contributed by atoms with Gasteiger partial charge < -0.3 is 5.32 Å². The zero-order chi connectivity index (χ0) is 17.1. The van der Waals surface area contributed by atoms with Crippen molar-refractivity contribution in [3.05, 3.63) is 62.0 Å². The molecule has 2 rings (SSSR count). The van der Waals surface area contributed by atoms with Crippen LogP contribution in [0.5, 0.6) is 0 Å². The van der Waals surface area contributed by atoms with Crippen LogP contribution >= 0.6 is 0 Å². The molecule has 0 saturated heterocycles. The van der Waals surface area contributed by atoms with E-state index in [0.717, 1.165) is 10.1 Å². The molecule has 1 atom stereocenters. The molecular formula is C16H17FN4O2. The average Bonchev–Trinajstić information content (AvgIpc) is 2.51. The molecule has 1 N–H and O–H groups in total. The van der Waals surface area contributed by atoms with Crippen LogP contribution < -0.4 is 16.6 Å². The number of halogens is 1. The Labute approximate surface area is 132 Å². The Hall–Kier alpha value is -2.88. The van der Waals surface area contributed by atoms with Gasteiger partial charge in [-0.15, -0.1) is 0 Å². The van der Waals surface area contributed by atoms with Gasteiger partial charge in [0.1, 0.15) is 17.7 Å². The van der Waals surface area contributed by atoms with Crippen LogP contribution in [0.1, 0.15) is 18.1 Å². The van der Waals surface area contributed by atoms with Crippen molar-refractivity contribution in [3.8, 4) is 6.07 Å². The van der Waals surface area contributed by atoms with Gasteiger partial charge in [0.15, 0.2) is 5.56 Å². The molecule has 1 heterocycles. The van der Waals surface area contributed by atoms with Crippen LogP contribution in [0, 0.1) is 17.1 Å². The second-order valence-electron chi connectivity index (χ2n) is 5.42. The Bertz CT molecular complexity index is 892. The Morgan fingerprint density at radius 1 is 1.30 bits per heavy atom. The van der Waals surface area contributed by atoms with Gasteiger partial charge in [-0.25, -0.2) is 9.18 Å². The molecule has 0 aliphatic heterocycles. The summed E-state index contributed by atoms with van der Waals surface area (Å²) in [5.74, 6) is -0.155. The summed E-state index contributed by atoms with van der Waals surface area (Å²) in [5, 5.41) is 12.2. The average molecular weight is 316 g/mol. The van der Waals surface area contributed by atoms with E-state index in [-0.39, 0.29) is 23.2 Å². The largest absolute Gasteiger partial charge is 0.367 e. The van der Waals surface area contributed by atoms with E-state index < -0.39 is 11.2 Å². The fourth-order valence-corrected chi connectivity index (χ4v) is 2.42. The minimum Gasteiger partial charge on any atom is -0.367 e. The van der Waals surface area contributed by atoms with Crippen LogP contribution in [-0.4, -0.2) is 15.2 Å². The maximum absolute atomic E-state index is 13.2. The van der Waals surface area contributed by atoms with E-state index in [0.29, 0.717) is 6.42 Å². The molecule has 0 fully saturated rings. The predicted molar refractivity (Wildman–Crippen MR) is 84.8 cm³/mol. The molecule has 1 aromatic heterocycles. The van der Waals surface area contributed by atoms with Gasteiger partial charge in [-0.1, -0.05) is 12.1 Å². The van der Waals surface area contributed by atoms with Crippen molar-refractivity contribution in [2.75, 3.05) is 5.32 Å². The van der Waals surface area contributed by atoms with Gasteiger partial charge in [0, 0.05) is 20.1 Å². The molecule has 6 nitrogen and oxygen atoms in total. The molecule has 0 saturated carbocycles. The predicted octanol–water partition coefficient (Wildman–Crippen LogP) is 1.14. The van der Waals surface area contributed by atoms with Gasteiger partial charge in [0.2, 0.25) is 0 Å². The minimum atomic E-state index is -0.643. The third-order valence-electron chi connectivity index (χ3n) is 3.59. The first-order chi connectivity index (χ1) is 10.8. The Morgan fingerprint density at radius 2 is 2.00 bits per heavy atom. The highest BCUT2D eigenvalue weighted by molar-refractivity contribution is 5.51. The van der Waals surface area contributed by atoms with Gasteiger partial charge in [-0.05, 0) is 31.0 Å². The second-order valence-corrected chi connectivity index (χ2v) is 5.42. The lowest BCUT2D eigenvalue weighted by Gasteiger charge is -2.19. The number of hydrogen-bond acceptors (Lipinski definition) is 4. The molecule has 0 spiro atoms. The van der Waals surface area contributed by atoms with Crippen LogP contribution in [0.15, 0.2) is 33.9 Å². The number of nitriles is 1. The molecule has 7 heteroatoms. The molecule has 23 heavy (non-hydrogen) atoms. The Kier molecular flexibility index (Phi) is 4.65. The number of anilines is 1. The van der Waals surface area contributed by atoms with Crippen LogP contribution in [0.2, 0.25) is 0 Å². The lowest BCUT2D eigenvalue weighted by Crippen LogP contribution is -2.40. The van der Waals surface area contributed by atoms with Gasteiger partial charge >= 0.3 is 5.69 Å². The first-order valence-electron chi connectivity index (χ1n) is 7.06. The van der Waals surface area contributed by atoms with E-state index in [1.54, 1.807) is 12.1 Å². The molecule has 2 aromatic rings. The topological polar surface area (TPSA) is 79.8 Å². The standard InChI is InChI=1S/C16H17FN4O2/c1-10(7-11-5-4-6-12(17)8-11)19-14-13(9-18)15(22)21(3)16(23)20(14)2/h4-6,8,10,19H,7H2,1-3H3. The van der Waals surface area contributed by atoms with Crippen molar-refractivity contribution in [3.63, 3.8) is 0 Å². The van der Waals surface area contributed by atoms with Crippen molar-refractivity contribution in [1.29, 1.82) is 5.26 Å². The normalized spacial score (nSPS) is 11.8. The highest BCUT2D eigenvalue weighted by atomic mass is 19.1. The smallest absolute Gasteiger partial charge is 0.332 e. The van der Waals surface area contributed by atoms with E-state index >= 15 is 0 Å². The fourth-order valence-electron chi connectivity index (χ4n) is 2.42. The molecule has 0 aliphatic rings. The second kappa shape index (κ2) is 6.48. The molecule has 0 amide bonds. The van der Waals surface area contributed by atoms with Gasteiger partial charge in [0.05, 0.1) is 0 Å². The molecule has 120 valence electrons. The summed E-state index contributed by atoms with van der Waals surface area (Å²) in [6.07, 6.45) is 0.478. The summed E-state index contributed by atoms with van der Waals surface area (Å²) in [4.78, 5) is 24.0. The number of benzene rings is 1. The van der Waals surface area contributed by atoms with Crippen LogP contribution in [0.25, 0.3) is 0 Å². The molecule has 0 bridgehead atoms. The summed E-state index contributed by atoms with van der Waals surface area (Å²) < 4.78 is 15.3. The quantitative estimate of drug-likeness (QED) is 0.917. The number of nitrogens with zero attached hydrogens (tertiary/aromatic N) is 3. The van der Waals surface area contributed by atoms with E-state index in [2.05, 4.69) is 5.32 Å². The third-order valence-corrected chi connectivity index (χ3v) is 3.59.